The number of hydrogen-bond donors (Lipinski definition) is 1. The molecular weight excluding hydrogens is 434 g/mol. The average Bonchev–Trinajstić information content (AvgIpc) is 2.87. The van der Waals surface area contributed by atoms with Crippen molar-refractivity contribution in [3.8, 4) is 5.75 Å². The Kier molecular flexibility index (Phi) is 10.3. The molecule has 0 aromatic heterocycles. The Balaban J connectivity index is 1.70. The number of nitrogens with zero attached hydrogens (tertiary/aromatic N) is 2. The molecule has 0 radical (unpaired) electrons. The number of aryl methyl sites for hydroxylation is 1. The normalized spacial score (nSPS) is 15.7. The largest absolute Gasteiger partial charge is 0.497 e. The number of benzene rings is 2. The van der Waals surface area contributed by atoms with E-state index in [0.717, 1.165) is 40.6 Å². The van der Waals surface area contributed by atoms with Crippen LogP contribution in [0.25, 0.3) is 5.70 Å². The Morgan fingerprint density at radius 3 is 2.37 bits per heavy atom. The molecule has 0 bridgehead atoms. The molecule has 0 unspecified atom stereocenters. The number of carbonyl (C=O) groups excluding carboxylic acids is 1. The van der Waals surface area contributed by atoms with E-state index in [1.807, 2.05) is 55.5 Å². The quantitative estimate of drug-likeness (QED) is 0.318. The Morgan fingerprint density at radius 1 is 1.03 bits per heavy atom. The van der Waals surface area contributed by atoms with Crippen molar-refractivity contribution in [1.29, 1.82) is 0 Å². The minimum Gasteiger partial charge on any atom is -0.497 e. The summed E-state index contributed by atoms with van der Waals surface area (Å²) in [5.74, 6) is 2.09. The molecule has 0 aliphatic heterocycles. The Morgan fingerprint density at radius 2 is 1.71 bits per heavy atom. The monoisotopic (exact) mass is 473 g/mol. The lowest BCUT2D eigenvalue weighted by Crippen LogP contribution is -2.29. The summed E-state index contributed by atoms with van der Waals surface area (Å²) in [5, 5.41) is 2.89. The van der Waals surface area contributed by atoms with Gasteiger partial charge in [0.25, 0.3) is 0 Å². The third-order valence-corrected chi connectivity index (χ3v) is 6.52. The van der Waals surface area contributed by atoms with Gasteiger partial charge in [0, 0.05) is 11.3 Å². The number of amidine groups is 1. The van der Waals surface area contributed by atoms with Gasteiger partial charge in [-0.25, -0.2) is 4.99 Å². The molecule has 1 aliphatic carbocycles. The van der Waals surface area contributed by atoms with Crippen molar-refractivity contribution < 1.29 is 9.53 Å². The fourth-order valence-electron chi connectivity index (χ4n) is 4.41. The molecular formula is C30H39N3O2. The van der Waals surface area contributed by atoms with E-state index in [2.05, 4.69) is 17.2 Å². The maximum atomic E-state index is 12.5. The van der Waals surface area contributed by atoms with Gasteiger partial charge in [-0.3, -0.25) is 9.79 Å². The number of aliphatic imine (C=N–C) groups is 2. The van der Waals surface area contributed by atoms with Gasteiger partial charge in [-0.1, -0.05) is 61.9 Å². The summed E-state index contributed by atoms with van der Waals surface area (Å²) in [6.45, 7) is 5.93. The fourth-order valence-corrected chi connectivity index (χ4v) is 4.41. The SMILES string of the molecule is COc1ccc(/C(=C/N=C(C)NC(=O)Cc2ccc(C)cc2)N=C(C)CCC2CCCCC2)cc1. The number of methoxy groups -OCH3 is 1. The first-order valence-electron chi connectivity index (χ1n) is 12.7. The zero-order valence-electron chi connectivity index (χ0n) is 21.6. The van der Waals surface area contributed by atoms with Gasteiger partial charge in [0.15, 0.2) is 0 Å². The molecule has 3 rings (SSSR count). The minimum atomic E-state index is -0.0818. The van der Waals surface area contributed by atoms with Gasteiger partial charge in [-0.2, -0.15) is 0 Å². The summed E-state index contributed by atoms with van der Waals surface area (Å²) >= 11 is 0. The van der Waals surface area contributed by atoms with E-state index in [1.54, 1.807) is 20.2 Å². The van der Waals surface area contributed by atoms with Gasteiger partial charge in [0.1, 0.15) is 11.6 Å². The van der Waals surface area contributed by atoms with E-state index in [-0.39, 0.29) is 5.91 Å². The predicted molar refractivity (Wildman–Crippen MR) is 146 cm³/mol. The molecule has 35 heavy (non-hydrogen) atoms. The van der Waals surface area contributed by atoms with E-state index in [1.165, 1.54) is 44.1 Å². The van der Waals surface area contributed by atoms with Crippen molar-refractivity contribution in [2.45, 2.75) is 72.1 Å². The number of rotatable bonds is 9. The number of hydrogen-bond acceptors (Lipinski definition) is 4. The lowest BCUT2D eigenvalue weighted by atomic mass is 9.86. The number of ether oxygens (including phenoxy) is 1. The molecule has 0 atom stereocenters. The summed E-state index contributed by atoms with van der Waals surface area (Å²) in [6.07, 6.45) is 11.1. The third-order valence-electron chi connectivity index (χ3n) is 6.52. The standard InChI is InChI=1S/C30H39N3O2/c1-22-10-13-26(14-11-22)20-30(34)33-24(3)31-21-29(27-16-18-28(35-4)19-17-27)32-23(2)12-15-25-8-6-5-7-9-25/h10-11,13-14,16-19,21,25H,5-9,12,15,20H2,1-4H3,(H,31,33,34)/b29-21-,32-23?. The van der Waals surface area contributed by atoms with Crippen LogP contribution in [0.15, 0.2) is 64.7 Å². The lowest BCUT2D eigenvalue weighted by Gasteiger charge is -2.21. The maximum absolute atomic E-state index is 12.5. The lowest BCUT2D eigenvalue weighted by molar-refractivity contribution is -0.119. The zero-order valence-corrected chi connectivity index (χ0v) is 21.6. The molecule has 1 N–H and O–H groups in total. The van der Waals surface area contributed by atoms with Gasteiger partial charge >= 0.3 is 0 Å². The average molecular weight is 474 g/mol. The van der Waals surface area contributed by atoms with Crippen molar-refractivity contribution >= 4 is 23.2 Å². The first-order valence-corrected chi connectivity index (χ1v) is 12.7. The zero-order chi connectivity index (χ0) is 25.0. The van der Waals surface area contributed by atoms with E-state index in [0.29, 0.717) is 12.3 Å². The Hall–Kier alpha value is -3.21. The van der Waals surface area contributed by atoms with Crippen molar-refractivity contribution in [1.82, 2.24) is 5.32 Å². The van der Waals surface area contributed by atoms with Crippen molar-refractivity contribution in [3.05, 3.63) is 71.4 Å². The molecule has 1 aliphatic rings. The van der Waals surface area contributed by atoms with Gasteiger partial charge in [-0.05, 0) is 69.4 Å². The summed E-state index contributed by atoms with van der Waals surface area (Å²) in [7, 11) is 1.66. The first-order chi connectivity index (χ1) is 16.9. The molecule has 1 saturated carbocycles. The topological polar surface area (TPSA) is 63.0 Å². The van der Waals surface area contributed by atoms with E-state index >= 15 is 0 Å². The van der Waals surface area contributed by atoms with Crippen LogP contribution in [0.1, 0.15) is 75.5 Å². The maximum Gasteiger partial charge on any atom is 0.229 e. The third kappa shape index (κ3) is 9.16. The highest BCUT2D eigenvalue weighted by Gasteiger charge is 2.13. The number of nitrogens with one attached hydrogen (secondary N) is 1. The summed E-state index contributed by atoms with van der Waals surface area (Å²) in [5.41, 5.74) is 5.01. The van der Waals surface area contributed by atoms with Crippen molar-refractivity contribution in [2.75, 3.05) is 7.11 Å². The highest BCUT2D eigenvalue weighted by atomic mass is 16.5. The van der Waals surface area contributed by atoms with Crippen molar-refractivity contribution in [3.63, 3.8) is 0 Å². The van der Waals surface area contributed by atoms with Crippen molar-refractivity contribution in [2.24, 2.45) is 15.9 Å². The van der Waals surface area contributed by atoms with Gasteiger partial charge in [0.05, 0.1) is 25.4 Å². The molecule has 5 heteroatoms. The van der Waals surface area contributed by atoms with Crippen LogP contribution in [0.5, 0.6) is 5.75 Å². The smallest absolute Gasteiger partial charge is 0.229 e. The predicted octanol–water partition coefficient (Wildman–Crippen LogP) is 6.90. The first kappa shape index (κ1) is 26.4. The molecule has 2 aromatic carbocycles. The summed E-state index contributed by atoms with van der Waals surface area (Å²) in [6, 6.07) is 15.8. The molecule has 0 saturated heterocycles. The van der Waals surface area contributed by atoms with E-state index in [9.17, 15) is 4.79 Å². The van der Waals surface area contributed by atoms with Crippen LogP contribution < -0.4 is 10.1 Å². The summed E-state index contributed by atoms with van der Waals surface area (Å²) < 4.78 is 5.30. The Bertz CT molecular complexity index is 1040. The Labute approximate surface area is 210 Å². The highest BCUT2D eigenvalue weighted by Crippen LogP contribution is 2.28. The summed E-state index contributed by atoms with van der Waals surface area (Å²) in [4.78, 5) is 21.9. The van der Waals surface area contributed by atoms with Crippen LogP contribution in [0.4, 0.5) is 0 Å². The molecule has 186 valence electrons. The molecule has 0 heterocycles. The molecule has 1 amide bonds. The van der Waals surface area contributed by atoms with Crippen LogP contribution in [0.3, 0.4) is 0 Å². The number of amides is 1. The molecule has 5 nitrogen and oxygen atoms in total. The highest BCUT2D eigenvalue weighted by molar-refractivity contribution is 5.98. The second kappa shape index (κ2) is 13.6. The van der Waals surface area contributed by atoms with E-state index < -0.39 is 0 Å². The van der Waals surface area contributed by atoms with Gasteiger partial charge in [0.2, 0.25) is 5.91 Å². The van der Waals surface area contributed by atoms with Gasteiger partial charge < -0.3 is 10.1 Å². The van der Waals surface area contributed by atoms with E-state index in [4.69, 9.17) is 9.73 Å². The fraction of sp³-hybridized carbons (Fsp3) is 0.433. The van der Waals surface area contributed by atoms with Crippen LogP contribution in [0, 0.1) is 12.8 Å². The molecule has 0 spiro atoms. The van der Waals surface area contributed by atoms with Crippen LogP contribution in [-0.2, 0) is 11.2 Å². The van der Waals surface area contributed by atoms with Crippen LogP contribution in [0.2, 0.25) is 0 Å². The minimum absolute atomic E-state index is 0.0818. The molecule has 1 fully saturated rings. The van der Waals surface area contributed by atoms with Gasteiger partial charge in [-0.15, -0.1) is 0 Å². The second-order valence-corrected chi connectivity index (χ2v) is 9.56. The molecule has 2 aromatic rings. The van der Waals surface area contributed by atoms with Crippen LogP contribution in [-0.4, -0.2) is 24.6 Å². The van der Waals surface area contributed by atoms with Crippen LogP contribution >= 0.6 is 0 Å². The number of carbonyl (C=O) groups is 1. The second-order valence-electron chi connectivity index (χ2n) is 9.56.